The number of ether oxygens (including phenoxy) is 1. The molecule has 82 valence electrons. The maximum atomic E-state index is 11.1. The smallest absolute Gasteiger partial charge is 0.305 e. The molecule has 0 heterocycles. The Labute approximate surface area is 85.8 Å². The molecule has 0 saturated carbocycles. The number of carbonyl (C=O) groups is 2. The monoisotopic (exact) mass is 200 g/mol. The minimum atomic E-state index is -0.157. The van der Waals surface area contributed by atoms with Crippen LogP contribution in [0.1, 0.15) is 52.4 Å². The minimum Gasteiger partial charge on any atom is -0.466 e. The third-order valence-corrected chi connectivity index (χ3v) is 1.92. The van der Waals surface area contributed by atoms with Gasteiger partial charge < -0.3 is 4.74 Å². The molecule has 0 aromatic heterocycles. The summed E-state index contributed by atoms with van der Waals surface area (Å²) in [6, 6.07) is 0. The van der Waals surface area contributed by atoms with Crippen LogP contribution >= 0.6 is 0 Å². The van der Waals surface area contributed by atoms with E-state index >= 15 is 0 Å². The van der Waals surface area contributed by atoms with Crippen molar-refractivity contribution in [2.75, 3.05) is 6.61 Å². The first kappa shape index (κ1) is 13.1. The SMILES string of the molecule is CCCC(=O)CCCCC(=O)OCC. The van der Waals surface area contributed by atoms with E-state index in [0.29, 0.717) is 31.7 Å². The lowest BCUT2D eigenvalue weighted by Gasteiger charge is -2.01. The summed E-state index contributed by atoms with van der Waals surface area (Å²) in [5.74, 6) is 0.145. The first-order valence-electron chi connectivity index (χ1n) is 5.38. The molecule has 0 saturated heterocycles. The molecule has 0 N–H and O–H groups in total. The first-order chi connectivity index (χ1) is 6.70. The van der Waals surface area contributed by atoms with Crippen LogP contribution in [0.15, 0.2) is 0 Å². The highest BCUT2D eigenvalue weighted by molar-refractivity contribution is 5.78. The zero-order valence-corrected chi connectivity index (χ0v) is 9.17. The Bertz CT molecular complexity index is 155. The van der Waals surface area contributed by atoms with Crippen LogP contribution in [0, 0.1) is 0 Å². The van der Waals surface area contributed by atoms with Crippen molar-refractivity contribution in [2.45, 2.75) is 52.4 Å². The number of Topliss-reactive ketones (excluding diaryl/α,β-unsaturated/α-hetero) is 1. The molecule has 0 aromatic carbocycles. The lowest BCUT2D eigenvalue weighted by molar-refractivity contribution is -0.143. The number of esters is 1. The van der Waals surface area contributed by atoms with Gasteiger partial charge >= 0.3 is 5.97 Å². The van der Waals surface area contributed by atoms with E-state index in [2.05, 4.69) is 0 Å². The van der Waals surface area contributed by atoms with Crippen LogP contribution < -0.4 is 0 Å². The van der Waals surface area contributed by atoms with Crippen LogP contribution in [0.5, 0.6) is 0 Å². The highest BCUT2D eigenvalue weighted by atomic mass is 16.5. The largest absolute Gasteiger partial charge is 0.466 e. The molecule has 3 heteroatoms. The van der Waals surface area contributed by atoms with Gasteiger partial charge in [-0.1, -0.05) is 6.92 Å². The average molecular weight is 200 g/mol. The first-order valence-corrected chi connectivity index (χ1v) is 5.38. The molecule has 0 rings (SSSR count). The number of carbonyl (C=O) groups excluding carboxylic acids is 2. The number of unbranched alkanes of at least 4 members (excludes halogenated alkanes) is 1. The second kappa shape index (κ2) is 8.73. The summed E-state index contributed by atoms with van der Waals surface area (Å²) in [5, 5.41) is 0. The fraction of sp³-hybridized carbons (Fsp3) is 0.818. The fourth-order valence-corrected chi connectivity index (χ4v) is 1.23. The van der Waals surface area contributed by atoms with Gasteiger partial charge in [-0.15, -0.1) is 0 Å². The highest BCUT2D eigenvalue weighted by Gasteiger charge is 2.03. The Balaban J connectivity index is 3.28. The molecule has 0 aliphatic rings. The summed E-state index contributed by atoms with van der Waals surface area (Å²) >= 11 is 0. The molecule has 0 radical (unpaired) electrons. The molecule has 0 aromatic rings. The second-order valence-electron chi connectivity index (χ2n) is 3.30. The van der Waals surface area contributed by atoms with Crippen LogP contribution in [-0.2, 0) is 14.3 Å². The van der Waals surface area contributed by atoms with E-state index in [4.69, 9.17) is 4.74 Å². The van der Waals surface area contributed by atoms with Gasteiger partial charge in [-0.2, -0.15) is 0 Å². The fourth-order valence-electron chi connectivity index (χ4n) is 1.23. The van der Waals surface area contributed by atoms with Crippen molar-refractivity contribution in [3.63, 3.8) is 0 Å². The maximum absolute atomic E-state index is 11.1. The second-order valence-corrected chi connectivity index (χ2v) is 3.30. The standard InChI is InChI=1S/C11H20O3/c1-3-7-10(12)8-5-6-9-11(13)14-4-2/h3-9H2,1-2H3. The predicted molar refractivity (Wildman–Crippen MR) is 55.0 cm³/mol. The van der Waals surface area contributed by atoms with E-state index in [0.717, 1.165) is 19.3 Å². The van der Waals surface area contributed by atoms with Gasteiger partial charge in [-0.05, 0) is 26.2 Å². The van der Waals surface area contributed by atoms with E-state index in [1.165, 1.54) is 0 Å². The summed E-state index contributed by atoms with van der Waals surface area (Å²) < 4.78 is 4.77. The normalized spacial score (nSPS) is 9.86. The quantitative estimate of drug-likeness (QED) is 0.446. The van der Waals surface area contributed by atoms with Crippen LogP contribution in [0.2, 0.25) is 0 Å². The Morgan fingerprint density at radius 3 is 2.21 bits per heavy atom. The van der Waals surface area contributed by atoms with Crippen LogP contribution in [0.4, 0.5) is 0 Å². The van der Waals surface area contributed by atoms with E-state index in [1.807, 2.05) is 6.92 Å². The summed E-state index contributed by atoms with van der Waals surface area (Å²) in [6.07, 6.45) is 4.18. The van der Waals surface area contributed by atoms with Crippen molar-refractivity contribution < 1.29 is 14.3 Å². The number of ketones is 1. The van der Waals surface area contributed by atoms with Gasteiger partial charge in [0.05, 0.1) is 6.61 Å². The molecule has 14 heavy (non-hydrogen) atoms. The van der Waals surface area contributed by atoms with E-state index in [1.54, 1.807) is 6.92 Å². The highest BCUT2D eigenvalue weighted by Crippen LogP contribution is 2.04. The predicted octanol–water partition coefficient (Wildman–Crippen LogP) is 2.48. The topological polar surface area (TPSA) is 43.4 Å². The van der Waals surface area contributed by atoms with E-state index in [9.17, 15) is 9.59 Å². The molecule has 0 aliphatic heterocycles. The summed E-state index contributed by atoms with van der Waals surface area (Å²) in [5.41, 5.74) is 0. The van der Waals surface area contributed by atoms with Gasteiger partial charge in [-0.3, -0.25) is 9.59 Å². The van der Waals surface area contributed by atoms with Crippen LogP contribution in [0.3, 0.4) is 0 Å². The lowest BCUT2D eigenvalue weighted by atomic mass is 10.1. The van der Waals surface area contributed by atoms with Gasteiger partial charge in [0.15, 0.2) is 0 Å². The molecule has 3 nitrogen and oxygen atoms in total. The summed E-state index contributed by atoms with van der Waals surface area (Å²) in [4.78, 5) is 22.0. The van der Waals surface area contributed by atoms with Gasteiger partial charge in [0.2, 0.25) is 0 Å². The minimum absolute atomic E-state index is 0.157. The van der Waals surface area contributed by atoms with Crippen molar-refractivity contribution in [3.8, 4) is 0 Å². The van der Waals surface area contributed by atoms with Crippen molar-refractivity contribution in [1.29, 1.82) is 0 Å². The number of hydrogen-bond acceptors (Lipinski definition) is 3. The molecule has 0 spiro atoms. The number of rotatable bonds is 8. The van der Waals surface area contributed by atoms with E-state index in [-0.39, 0.29) is 5.97 Å². The van der Waals surface area contributed by atoms with E-state index < -0.39 is 0 Å². The Morgan fingerprint density at radius 2 is 1.64 bits per heavy atom. The zero-order valence-electron chi connectivity index (χ0n) is 9.17. The molecular weight excluding hydrogens is 180 g/mol. The Hall–Kier alpha value is -0.860. The molecule has 0 bridgehead atoms. The molecular formula is C11H20O3. The van der Waals surface area contributed by atoms with Crippen LogP contribution in [-0.4, -0.2) is 18.4 Å². The molecule has 0 atom stereocenters. The van der Waals surface area contributed by atoms with Crippen molar-refractivity contribution >= 4 is 11.8 Å². The summed E-state index contributed by atoms with van der Waals surface area (Å²) in [7, 11) is 0. The third-order valence-electron chi connectivity index (χ3n) is 1.92. The van der Waals surface area contributed by atoms with Gasteiger partial charge in [0.25, 0.3) is 0 Å². The van der Waals surface area contributed by atoms with Gasteiger partial charge in [0.1, 0.15) is 5.78 Å². The molecule has 0 aliphatic carbocycles. The van der Waals surface area contributed by atoms with Crippen molar-refractivity contribution in [3.05, 3.63) is 0 Å². The van der Waals surface area contributed by atoms with Crippen LogP contribution in [0.25, 0.3) is 0 Å². The van der Waals surface area contributed by atoms with Crippen molar-refractivity contribution in [1.82, 2.24) is 0 Å². The number of hydrogen-bond donors (Lipinski definition) is 0. The zero-order chi connectivity index (χ0) is 10.8. The lowest BCUT2D eigenvalue weighted by Crippen LogP contribution is -2.04. The Kier molecular flexibility index (Phi) is 8.19. The van der Waals surface area contributed by atoms with Gasteiger partial charge in [0, 0.05) is 19.3 Å². The molecule has 0 unspecified atom stereocenters. The molecule has 0 amide bonds. The third kappa shape index (κ3) is 7.77. The van der Waals surface area contributed by atoms with Gasteiger partial charge in [-0.25, -0.2) is 0 Å². The summed E-state index contributed by atoms with van der Waals surface area (Å²) in [6.45, 7) is 4.23. The molecule has 0 fully saturated rings. The average Bonchev–Trinajstić information content (AvgIpc) is 2.13. The maximum Gasteiger partial charge on any atom is 0.305 e. The van der Waals surface area contributed by atoms with Crippen molar-refractivity contribution in [2.24, 2.45) is 0 Å². The Morgan fingerprint density at radius 1 is 1.00 bits per heavy atom.